The molecule has 372 valence electrons. The molecule has 0 bridgehead atoms. The van der Waals surface area contributed by atoms with Crippen LogP contribution in [-0.2, 0) is 25.4 Å². The van der Waals surface area contributed by atoms with E-state index in [0.29, 0.717) is 93.8 Å². The number of ether oxygens (including phenoxy) is 1. The van der Waals surface area contributed by atoms with Crippen molar-refractivity contribution in [3.05, 3.63) is 82.2 Å². The van der Waals surface area contributed by atoms with Crippen molar-refractivity contribution in [2.75, 3.05) is 93.2 Å². The number of halogens is 1. The van der Waals surface area contributed by atoms with Gasteiger partial charge in [0.05, 0.1) is 50.8 Å². The Bertz CT molecular complexity index is 2950. The summed E-state index contributed by atoms with van der Waals surface area (Å²) in [4.78, 5) is 91.0. The zero-order valence-electron chi connectivity index (χ0n) is 40.5. The summed E-state index contributed by atoms with van der Waals surface area (Å²) in [7, 11) is -1.14. The van der Waals surface area contributed by atoms with Crippen molar-refractivity contribution in [3.8, 4) is 5.75 Å². The van der Waals surface area contributed by atoms with E-state index in [2.05, 4.69) is 80.6 Å². The van der Waals surface area contributed by atoms with Gasteiger partial charge in [-0.2, -0.15) is 4.98 Å². The van der Waals surface area contributed by atoms with Gasteiger partial charge in [-0.1, -0.05) is 6.92 Å². The van der Waals surface area contributed by atoms with Crippen LogP contribution in [0.3, 0.4) is 0 Å². The average Bonchev–Trinajstić information content (AvgIpc) is 3.60. The minimum atomic E-state index is -2.79. The highest BCUT2D eigenvalue weighted by atomic mass is 79.9. The average molecular weight is 1050 g/mol. The lowest BCUT2D eigenvalue weighted by molar-refractivity contribution is -0.138. The van der Waals surface area contributed by atoms with Crippen LogP contribution in [0.25, 0.3) is 11.0 Å². The van der Waals surface area contributed by atoms with Crippen molar-refractivity contribution in [1.82, 2.24) is 40.0 Å². The standard InChI is InChI=1S/C50H58BrN12O7P/c1-6-31-23-40(57-50-54-26-37(51)46(58-50)56-39-11-10-38-44(53-16-15-52-38)45(39)71(4,5)69)42(70-3)25-41(31)60-17-13-33(14-18-60)59-19-21-61(22-20-59)47(66)32-27-62(28-32)34-8-9-35-36(24-34)49(68)63(48(35)67)30(2)7-12-43(65)55-29-64/h8-11,15-16,23-26,29-30,32-33H,6-7,12-14,17-22,27-28H2,1-5H3,(H,55,64,65)(H2,54,56,57,58). The number of benzene rings is 3. The predicted molar refractivity (Wildman–Crippen MR) is 276 cm³/mol. The Morgan fingerprint density at radius 3 is 2.34 bits per heavy atom. The summed E-state index contributed by atoms with van der Waals surface area (Å²) < 4.78 is 20.1. The third kappa shape index (κ3) is 10.2. The summed E-state index contributed by atoms with van der Waals surface area (Å²) in [6, 6.07) is 13.0. The van der Waals surface area contributed by atoms with Gasteiger partial charge in [-0.05, 0) is 104 Å². The Morgan fingerprint density at radius 2 is 1.63 bits per heavy atom. The van der Waals surface area contributed by atoms with E-state index in [1.165, 1.54) is 10.5 Å². The number of rotatable bonds is 16. The maximum Gasteiger partial charge on any atom is 0.261 e. The summed E-state index contributed by atoms with van der Waals surface area (Å²) >= 11 is 3.59. The second kappa shape index (κ2) is 20.7. The quantitative estimate of drug-likeness (QED) is 0.0607. The molecule has 19 nitrogen and oxygen atoms in total. The number of anilines is 6. The largest absolute Gasteiger partial charge is 0.494 e. The topological polar surface area (TPSA) is 216 Å². The van der Waals surface area contributed by atoms with E-state index >= 15 is 0 Å². The van der Waals surface area contributed by atoms with Crippen LogP contribution in [0.5, 0.6) is 5.75 Å². The molecule has 0 aliphatic carbocycles. The molecule has 71 heavy (non-hydrogen) atoms. The Balaban J connectivity index is 0.768. The number of piperazine rings is 1. The van der Waals surface area contributed by atoms with E-state index in [0.717, 1.165) is 62.5 Å². The minimum absolute atomic E-state index is 0.00930. The molecule has 0 saturated carbocycles. The molecule has 0 spiro atoms. The zero-order chi connectivity index (χ0) is 50.1. The van der Waals surface area contributed by atoms with E-state index < -0.39 is 30.9 Å². The van der Waals surface area contributed by atoms with Gasteiger partial charge in [0.25, 0.3) is 11.8 Å². The number of fused-ring (bicyclic) bond motifs is 2. The lowest BCUT2D eigenvalue weighted by Crippen LogP contribution is -2.59. The van der Waals surface area contributed by atoms with Crippen molar-refractivity contribution in [2.45, 2.75) is 58.0 Å². The van der Waals surface area contributed by atoms with Gasteiger partial charge in [-0.25, -0.2) is 4.98 Å². The van der Waals surface area contributed by atoms with E-state index in [-0.39, 0.29) is 24.7 Å². The summed E-state index contributed by atoms with van der Waals surface area (Å²) in [5.41, 5.74) is 6.34. The van der Waals surface area contributed by atoms with Gasteiger partial charge in [0.1, 0.15) is 24.2 Å². The normalized spacial score (nSPS) is 17.3. The summed E-state index contributed by atoms with van der Waals surface area (Å²) in [5.74, 6) is 0.245. The number of aryl methyl sites for hydroxylation is 1. The number of nitrogens with one attached hydrogen (secondary N) is 3. The first-order valence-electron chi connectivity index (χ1n) is 24.0. The van der Waals surface area contributed by atoms with Crippen LogP contribution in [0.2, 0.25) is 0 Å². The van der Waals surface area contributed by atoms with Gasteiger partial charge in [0, 0.05) is 107 Å². The van der Waals surface area contributed by atoms with E-state index in [4.69, 9.17) is 9.72 Å². The maximum absolute atomic E-state index is 13.7. The van der Waals surface area contributed by atoms with Gasteiger partial charge in [0.15, 0.2) is 0 Å². The van der Waals surface area contributed by atoms with Gasteiger partial charge in [-0.3, -0.25) is 49.1 Å². The second-order valence-electron chi connectivity index (χ2n) is 18.9. The molecule has 3 aromatic carbocycles. The summed E-state index contributed by atoms with van der Waals surface area (Å²) in [6.07, 6.45) is 8.25. The zero-order valence-corrected chi connectivity index (χ0v) is 43.0. The van der Waals surface area contributed by atoms with Crippen molar-refractivity contribution in [3.63, 3.8) is 0 Å². The Labute approximate surface area is 420 Å². The smallest absolute Gasteiger partial charge is 0.261 e. The molecule has 4 aliphatic heterocycles. The number of carbonyl (C=O) groups is 5. The number of amides is 5. The summed E-state index contributed by atoms with van der Waals surface area (Å²) in [5, 5.41) is 9.44. The molecule has 1 atom stereocenters. The molecule has 4 aliphatic rings. The van der Waals surface area contributed by atoms with Crippen LogP contribution >= 0.6 is 23.1 Å². The van der Waals surface area contributed by atoms with Crippen LogP contribution < -0.4 is 35.8 Å². The Kier molecular flexibility index (Phi) is 14.4. The van der Waals surface area contributed by atoms with Crippen molar-refractivity contribution >= 4 is 104 Å². The van der Waals surface area contributed by atoms with E-state index in [9.17, 15) is 28.5 Å². The number of hydrogen-bond acceptors (Lipinski definition) is 16. The fourth-order valence-corrected chi connectivity index (χ4v) is 11.9. The number of aromatic nitrogens is 4. The van der Waals surface area contributed by atoms with E-state index in [1.807, 2.05) is 23.1 Å². The van der Waals surface area contributed by atoms with Gasteiger partial charge < -0.3 is 34.6 Å². The Morgan fingerprint density at radius 1 is 0.901 bits per heavy atom. The highest BCUT2D eigenvalue weighted by molar-refractivity contribution is 9.10. The second-order valence-corrected chi connectivity index (χ2v) is 22.9. The fraction of sp³-hybridized carbons (Fsp3) is 0.420. The van der Waals surface area contributed by atoms with Crippen LogP contribution in [0.4, 0.5) is 34.5 Å². The van der Waals surface area contributed by atoms with E-state index in [1.54, 1.807) is 58.1 Å². The number of imide groups is 2. The predicted octanol–water partition coefficient (Wildman–Crippen LogP) is 5.78. The first kappa shape index (κ1) is 49.5. The number of hydrogen-bond donors (Lipinski definition) is 3. The number of methoxy groups -OCH3 is 1. The SMILES string of the molecule is CCc1cc(Nc2ncc(Br)c(Nc3ccc4nccnc4c3P(C)(C)=O)n2)c(OC)cc1N1CCC(N2CCN(C(=O)C3CN(c4ccc5c(c4)C(=O)N(C(C)CCC(=O)NC=O)C5=O)C3)CC2)CC1. The number of carbonyl (C=O) groups excluding carboxylic acids is 5. The molecule has 21 heteroatoms. The minimum Gasteiger partial charge on any atom is -0.494 e. The highest BCUT2D eigenvalue weighted by Gasteiger charge is 2.41. The molecular formula is C50H58BrN12O7P. The molecule has 3 saturated heterocycles. The van der Waals surface area contributed by atoms with Gasteiger partial charge in [0.2, 0.25) is 24.2 Å². The first-order valence-corrected chi connectivity index (χ1v) is 27.4. The monoisotopic (exact) mass is 1050 g/mol. The molecule has 1 unspecified atom stereocenters. The molecule has 6 heterocycles. The van der Waals surface area contributed by atoms with Crippen LogP contribution in [-0.4, -0.2) is 150 Å². The molecule has 3 fully saturated rings. The first-order chi connectivity index (χ1) is 34.1. The molecule has 3 N–H and O–H groups in total. The molecule has 9 rings (SSSR count). The maximum atomic E-state index is 13.7. The third-order valence-electron chi connectivity index (χ3n) is 14.1. The summed E-state index contributed by atoms with van der Waals surface area (Å²) in [6.45, 7) is 13.2. The molecule has 2 aromatic heterocycles. The van der Waals surface area contributed by atoms with Crippen LogP contribution in [0.1, 0.15) is 65.8 Å². The molecule has 5 amide bonds. The highest BCUT2D eigenvalue weighted by Crippen LogP contribution is 2.42. The fourth-order valence-electron chi connectivity index (χ4n) is 10.2. The molecule has 0 radical (unpaired) electrons. The number of piperidine rings is 1. The Hall–Kier alpha value is -6.50. The van der Waals surface area contributed by atoms with Crippen molar-refractivity contribution in [2.24, 2.45) is 5.92 Å². The van der Waals surface area contributed by atoms with Crippen LogP contribution in [0, 0.1) is 5.92 Å². The molecular weight excluding hydrogens is 992 g/mol. The lowest BCUT2D eigenvalue weighted by atomic mass is 9.95. The number of nitrogens with zero attached hydrogens (tertiary/aromatic N) is 9. The van der Waals surface area contributed by atoms with Gasteiger partial charge >= 0.3 is 0 Å². The van der Waals surface area contributed by atoms with Crippen molar-refractivity contribution < 1.29 is 33.3 Å². The third-order valence-corrected chi connectivity index (χ3v) is 16.2. The van der Waals surface area contributed by atoms with Gasteiger partial charge in [-0.15, -0.1) is 0 Å². The molecule has 5 aromatic rings. The van der Waals surface area contributed by atoms with Crippen molar-refractivity contribution in [1.29, 1.82) is 0 Å². The van der Waals surface area contributed by atoms with Crippen LogP contribution in [0.15, 0.2) is 65.5 Å². The lowest BCUT2D eigenvalue weighted by Gasteiger charge is -2.46.